The molecule has 0 fully saturated rings. The van der Waals surface area contributed by atoms with Crippen LogP contribution < -0.4 is 4.74 Å². The first-order valence-electron chi connectivity index (χ1n) is 5.23. The molecule has 0 bridgehead atoms. The van der Waals surface area contributed by atoms with E-state index in [1.807, 2.05) is 19.9 Å². The second-order valence-corrected chi connectivity index (χ2v) is 3.47. The smallest absolute Gasteiger partial charge is 0.328 e. The predicted octanol–water partition coefficient (Wildman–Crippen LogP) is 2.22. The number of ether oxygens (including phenoxy) is 1. The zero-order valence-corrected chi connectivity index (χ0v) is 9.77. The van der Waals surface area contributed by atoms with Crippen molar-refractivity contribution in [1.82, 2.24) is 0 Å². The quantitative estimate of drug-likeness (QED) is 0.626. The van der Waals surface area contributed by atoms with Crippen LogP contribution in [0.4, 0.5) is 0 Å². The van der Waals surface area contributed by atoms with E-state index in [1.165, 1.54) is 0 Å². The van der Waals surface area contributed by atoms with E-state index in [4.69, 9.17) is 9.84 Å². The third-order valence-corrected chi connectivity index (χ3v) is 2.08. The van der Waals surface area contributed by atoms with Crippen molar-refractivity contribution < 1.29 is 19.4 Å². The molecule has 0 saturated heterocycles. The second-order valence-electron chi connectivity index (χ2n) is 3.47. The van der Waals surface area contributed by atoms with Crippen LogP contribution in [0.25, 0.3) is 0 Å². The molecule has 1 aromatic carbocycles. The molecular weight excluding hydrogens is 220 g/mol. The van der Waals surface area contributed by atoms with Crippen LogP contribution in [0.15, 0.2) is 30.4 Å². The van der Waals surface area contributed by atoms with Gasteiger partial charge in [-0.05, 0) is 32.1 Å². The van der Waals surface area contributed by atoms with Crippen molar-refractivity contribution in [3.8, 4) is 5.75 Å². The van der Waals surface area contributed by atoms with Crippen molar-refractivity contribution in [3.63, 3.8) is 0 Å². The molecule has 1 rings (SSSR count). The summed E-state index contributed by atoms with van der Waals surface area (Å²) in [4.78, 5) is 22.1. The van der Waals surface area contributed by atoms with Gasteiger partial charge in [-0.2, -0.15) is 0 Å². The maximum atomic E-state index is 11.8. The number of hydrogen-bond donors (Lipinski definition) is 1. The highest BCUT2D eigenvalue weighted by molar-refractivity contribution is 6.08. The summed E-state index contributed by atoms with van der Waals surface area (Å²) in [5.41, 5.74) is 1.30. The Kier molecular flexibility index (Phi) is 4.46. The molecule has 0 radical (unpaired) electrons. The van der Waals surface area contributed by atoms with E-state index in [0.717, 1.165) is 17.7 Å². The van der Waals surface area contributed by atoms with Crippen molar-refractivity contribution in [2.45, 2.75) is 13.8 Å². The average Bonchev–Trinajstić information content (AvgIpc) is 2.28. The molecule has 90 valence electrons. The fourth-order valence-electron chi connectivity index (χ4n) is 1.35. The SMILES string of the molecule is CCOc1ccc(C)cc1C(=O)/C=C/C(=O)O. The molecular formula is C13H14O4. The molecule has 0 amide bonds. The number of benzene rings is 1. The monoisotopic (exact) mass is 234 g/mol. The van der Waals surface area contributed by atoms with Gasteiger partial charge in [0.05, 0.1) is 12.2 Å². The topological polar surface area (TPSA) is 63.6 Å². The summed E-state index contributed by atoms with van der Waals surface area (Å²) in [5, 5.41) is 8.47. The summed E-state index contributed by atoms with van der Waals surface area (Å²) in [6.07, 6.45) is 1.85. The van der Waals surface area contributed by atoms with Crippen LogP contribution in [0.5, 0.6) is 5.75 Å². The highest BCUT2D eigenvalue weighted by Crippen LogP contribution is 2.21. The third-order valence-electron chi connectivity index (χ3n) is 2.08. The molecule has 17 heavy (non-hydrogen) atoms. The van der Waals surface area contributed by atoms with Gasteiger partial charge in [-0.3, -0.25) is 4.79 Å². The van der Waals surface area contributed by atoms with Gasteiger partial charge < -0.3 is 9.84 Å². The maximum Gasteiger partial charge on any atom is 0.328 e. The van der Waals surface area contributed by atoms with E-state index in [9.17, 15) is 9.59 Å². The maximum absolute atomic E-state index is 11.8. The zero-order chi connectivity index (χ0) is 12.8. The van der Waals surface area contributed by atoms with Gasteiger partial charge in [0.2, 0.25) is 0 Å². The lowest BCUT2D eigenvalue weighted by Gasteiger charge is -2.08. The van der Waals surface area contributed by atoms with E-state index in [1.54, 1.807) is 12.1 Å². The summed E-state index contributed by atoms with van der Waals surface area (Å²) < 4.78 is 5.32. The Morgan fingerprint density at radius 2 is 2.06 bits per heavy atom. The van der Waals surface area contributed by atoms with Crippen molar-refractivity contribution in [2.24, 2.45) is 0 Å². The largest absolute Gasteiger partial charge is 0.493 e. The van der Waals surface area contributed by atoms with Gasteiger partial charge in [-0.15, -0.1) is 0 Å². The number of rotatable bonds is 5. The number of carboxylic acid groups (broad SMARTS) is 1. The average molecular weight is 234 g/mol. The van der Waals surface area contributed by atoms with E-state index in [2.05, 4.69) is 0 Å². The highest BCUT2D eigenvalue weighted by atomic mass is 16.5. The lowest BCUT2D eigenvalue weighted by molar-refractivity contribution is -0.131. The normalized spacial score (nSPS) is 10.5. The molecule has 0 unspecified atom stereocenters. The molecule has 0 aliphatic rings. The minimum atomic E-state index is -1.15. The fourth-order valence-corrected chi connectivity index (χ4v) is 1.35. The highest BCUT2D eigenvalue weighted by Gasteiger charge is 2.10. The first-order valence-corrected chi connectivity index (χ1v) is 5.23. The Labute approximate surface area is 99.5 Å². The molecule has 4 heteroatoms. The van der Waals surface area contributed by atoms with Crippen LogP contribution in [0.3, 0.4) is 0 Å². The van der Waals surface area contributed by atoms with Crippen LogP contribution in [0, 0.1) is 6.92 Å². The Morgan fingerprint density at radius 1 is 1.35 bits per heavy atom. The van der Waals surface area contributed by atoms with Crippen LogP contribution in [-0.2, 0) is 4.79 Å². The van der Waals surface area contributed by atoms with Gasteiger partial charge >= 0.3 is 5.97 Å². The Morgan fingerprint density at radius 3 is 2.65 bits per heavy atom. The van der Waals surface area contributed by atoms with Gasteiger partial charge in [0, 0.05) is 6.08 Å². The van der Waals surface area contributed by atoms with Crippen LogP contribution in [-0.4, -0.2) is 23.5 Å². The third kappa shape index (κ3) is 3.75. The van der Waals surface area contributed by atoms with Crippen molar-refractivity contribution in [2.75, 3.05) is 6.61 Å². The second kappa shape index (κ2) is 5.84. The molecule has 0 aliphatic heterocycles. The zero-order valence-electron chi connectivity index (χ0n) is 9.77. The number of carbonyl (C=O) groups excluding carboxylic acids is 1. The Balaban J connectivity index is 3.05. The van der Waals surface area contributed by atoms with Gasteiger partial charge in [0.25, 0.3) is 0 Å². The van der Waals surface area contributed by atoms with E-state index in [0.29, 0.717) is 17.9 Å². The van der Waals surface area contributed by atoms with Crippen LogP contribution in [0.2, 0.25) is 0 Å². The number of aryl methyl sites for hydroxylation is 1. The molecule has 0 aliphatic carbocycles. The molecule has 0 spiro atoms. The molecule has 0 saturated carbocycles. The lowest BCUT2D eigenvalue weighted by atomic mass is 10.1. The lowest BCUT2D eigenvalue weighted by Crippen LogP contribution is -2.03. The summed E-state index contributed by atoms with van der Waals surface area (Å²) in [6, 6.07) is 5.23. The van der Waals surface area contributed by atoms with Crippen molar-refractivity contribution in [3.05, 3.63) is 41.5 Å². The van der Waals surface area contributed by atoms with Gasteiger partial charge in [-0.1, -0.05) is 11.6 Å². The van der Waals surface area contributed by atoms with E-state index >= 15 is 0 Å². The van der Waals surface area contributed by atoms with Gasteiger partial charge in [-0.25, -0.2) is 4.79 Å². The molecule has 1 aromatic rings. The number of carbonyl (C=O) groups is 2. The summed E-state index contributed by atoms with van der Waals surface area (Å²) in [7, 11) is 0. The Hall–Kier alpha value is -2.10. The number of ketones is 1. The standard InChI is InChI=1S/C13H14O4/c1-3-17-12-6-4-9(2)8-10(12)11(14)5-7-13(15)16/h4-8H,3H2,1-2H3,(H,15,16)/b7-5+. The number of aliphatic carboxylic acids is 1. The van der Waals surface area contributed by atoms with Crippen molar-refractivity contribution in [1.29, 1.82) is 0 Å². The molecule has 0 atom stereocenters. The molecule has 1 N–H and O–H groups in total. The summed E-state index contributed by atoms with van der Waals surface area (Å²) in [6.45, 7) is 4.13. The number of hydrogen-bond acceptors (Lipinski definition) is 3. The minimum absolute atomic E-state index is 0.375. The minimum Gasteiger partial charge on any atom is -0.493 e. The van der Waals surface area contributed by atoms with E-state index < -0.39 is 5.97 Å². The molecule has 4 nitrogen and oxygen atoms in total. The van der Waals surface area contributed by atoms with Gasteiger partial charge in [0.1, 0.15) is 5.75 Å². The first-order chi connectivity index (χ1) is 8.04. The summed E-state index contributed by atoms with van der Waals surface area (Å²) >= 11 is 0. The van der Waals surface area contributed by atoms with Crippen LogP contribution in [0.1, 0.15) is 22.8 Å². The van der Waals surface area contributed by atoms with Crippen LogP contribution >= 0.6 is 0 Å². The fraction of sp³-hybridized carbons (Fsp3) is 0.231. The predicted molar refractivity (Wildman–Crippen MR) is 63.5 cm³/mol. The molecule has 0 aromatic heterocycles. The number of carboxylic acids is 1. The van der Waals surface area contributed by atoms with E-state index in [-0.39, 0.29) is 5.78 Å². The first kappa shape index (κ1) is 13.0. The van der Waals surface area contributed by atoms with Gasteiger partial charge in [0.15, 0.2) is 5.78 Å². The molecule has 0 heterocycles. The summed E-state index contributed by atoms with van der Waals surface area (Å²) in [5.74, 6) is -1.05. The van der Waals surface area contributed by atoms with Crippen molar-refractivity contribution >= 4 is 11.8 Å². The number of allylic oxidation sites excluding steroid dienone is 1. The Bertz CT molecular complexity index is 460.